The zero-order chi connectivity index (χ0) is 13.1. The Hall–Kier alpha value is -2.23. The quantitative estimate of drug-likeness (QED) is 0.777. The fourth-order valence-corrected chi connectivity index (χ4v) is 1.79. The van der Waals surface area contributed by atoms with E-state index in [1.807, 2.05) is 0 Å². The molecule has 2 aromatic carbocycles. The molecule has 0 fully saturated rings. The lowest BCUT2D eigenvalue weighted by molar-refractivity contribution is 0.112. The van der Waals surface area contributed by atoms with E-state index in [0.29, 0.717) is 17.4 Å². The van der Waals surface area contributed by atoms with E-state index < -0.39 is 11.6 Å². The van der Waals surface area contributed by atoms with Crippen molar-refractivity contribution in [2.24, 2.45) is 0 Å². The minimum Gasteiger partial charge on any atom is -0.493 e. The number of rotatable bonds is 3. The summed E-state index contributed by atoms with van der Waals surface area (Å²) in [4.78, 5) is 11.1. The Bertz CT molecular complexity index is 580. The molecule has 0 amide bonds. The van der Waals surface area contributed by atoms with Gasteiger partial charge in [-0.05, 0) is 17.2 Å². The molecular formula is C14H10F2O2. The Morgan fingerprint density at radius 3 is 2.39 bits per heavy atom. The van der Waals surface area contributed by atoms with E-state index in [1.54, 1.807) is 30.3 Å². The van der Waals surface area contributed by atoms with Gasteiger partial charge in [-0.2, -0.15) is 4.39 Å². The Balaban J connectivity index is 2.75. The molecule has 2 rings (SSSR count). The third-order valence-corrected chi connectivity index (χ3v) is 2.62. The van der Waals surface area contributed by atoms with Gasteiger partial charge in [0.2, 0.25) is 5.82 Å². The van der Waals surface area contributed by atoms with Gasteiger partial charge in [-0.1, -0.05) is 30.3 Å². The number of carbonyl (C=O) groups excluding carboxylic acids is 1. The third-order valence-electron chi connectivity index (χ3n) is 2.62. The van der Waals surface area contributed by atoms with Crippen molar-refractivity contribution in [3.8, 4) is 16.9 Å². The lowest BCUT2D eigenvalue weighted by Crippen LogP contribution is -2.00. The van der Waals surface area contributed by atoms with E-state index in [4.69, 9.17) is 4.74 Å². The second-order valence-electron chi connectivity index (χ2n) is 3.65. The summed E-state index contributed by atoms with van der Waals surface area (Å²) in [7, 11) is 1.19. The van der Waals surface area contributed by atoms with E-state index in [-0.39, 0.29) is 11.3 Å². The molecule has 0 saturated heterocycles. The Morgan fingerprint density at radius 2 is 1.83 bits per heavy atom. The molecule has 4 heteroatoms. The summed E-state index contributed by atoms with van der Waals surface area (Å²) < 4.78 is 31.7. The molecule has 0 radical (unpaired) electrons. The van der Waals surface area contributed by atoms with E-state index >= 15 is 0 Å². The van der Waals surface area contributed by atoms with Crippen molar-refractivity contribution in [2.75, 3.05) is 7.11 Å². The van der Waals surface area contributed by atoms with Gasteiger partial charge in [-0.15, -0.1) is 0 Å². The Kier molecular flexibility index (Phi) is 3.37. The van der Waals surface area contributed by atoms with Crippen LogP contribution in [0.1, 0.15) is 10.4 Å². The molecule has 0 unspecified atom stereocenters. The van der Waals surface area contributed by atoms with Gasteiger partial charge in [0.1, 0.15) is 0 Å². The van der Waals surface area contributed by atoms with Crippen LogP contribution < -0.4 is 4.74 Å². The van der Waals surface area contributed by atoms with E-state index in [9.17, 15) is 13.6 Å². The van der Waals surface area contributed by atoms with Gasteiger partial charge in [0.15, 0.2) is 17.9 Å². The fraction of sp³-hybridized carbons (Fsp3) is 0.0714. The highest BCUT2D eigenvalue weighted by molar-refractivity contribution is 5.91. The molecule has 0 atom stereocenters. The first kappa shape index (κ1) is 12.2. The second-order valence-corrected chi connectivity index (χ2v) is 3.65. The van der Waals surface area contributed by atoms with Crippen LogP contribution in [0.25, 0.3) is 11.1 Å². The normalized spacial score (nSPS) is 10.2. The number of benzene rings is 2. The maximum atomic E-state index is 13.5. The molecule has 0 heterocycles. The predicted octanol–water partition coefficient (Wildman–Crippen LogP) is 3.45. The number of aldehydes is 1. The lowest BCUT2D eigenvalue weighted by Gasteiger charge is -2.11. The number of hydrogen-bond acceptors (Lipinski definition) is 2. The highest BCUT2D eigenvalue weighted by Crippen LogP contribution is 2.33. The highest BCUT2D eigenvalue weighted by Gasteiger charge is 2.19. The largest absolute Gasteiger partial charge is 0.493 e. The molecule has 2 nitrogen and oxygen atoms in total. The van der Waals surface area contributed by atoms with Crippen molar-refractivity contribution in [2.45, 2.75) is 0 Å². The molecule has 2 aromatic rings. The summed E-state index contributed by atoms with van der Waals surface area (Å²) in [6.45, 7) is 0. The van der Waals surface area contributed by atoms with Crippen molar-refractivity contribution in [3.63, 3.8) is 0 Å². The van der Waals surface area contributed by atoms with Crippen LogP contribution in [0.3, 0.4) is 0 Å². The van der Waals surface area contributed by atoms with Crippen molar-refractivity contribution < 1.29 is 18.3 Å². The molecule has 0 aliphatic heterocycles. The van der Waals surface area contributed by atoms with Crippen molar-refractivity contribution >= 4 is 6.29 Å². The Morgan fingerprint density at radius 1 is 1.17 bits per heavy atom. The molecule has 0 spiro atoms. The number of ether oxygens (including phenoxy) is 1. The maximum Gasteiger partial charge on any atom is 0.201 e. The standard InChI is InChI=1S/C14H10F2O2/c1-18-14-11(8-17)10(7-12(15)13(14)16)9-5-3-2-4-6-9/h2-8H,1H3. The van der Waals surface area contributed by atoms with Gasteiger partial charge in [-0.25, -0.2) is 4.39 Å². The monoisotopic (exact) mass is 248 g/mol. The third kappa shape index (κ3) is 1.97. The molecule has 0 saturated carbocycles. The van der Waals surface area contributed by atoms with Gasteiger partial charge >= 0.3 is 0 Å². The topological polar surface area (TPSA) is 26.3 Å². The van der Waals surface area contributed by atoms with Crippen molar-refractivity contribution in [3.05, 3.63) is 53.6 Å². The van der Waals surface area contributed by atoms with Crippen LogP contribution in [0, 0.1) is 11.6 Å². The summed E-state index contributed by atoms with van der Waals surface area (Å²) in [5.41, 5.74) is 0.931. The van der Waals surface area contributed by atoms with Gasteiger partial charge in [-0.3, -0.25) is 4.79 Å². The van der Waals surface area contributed by atoms with E-state index in [2.05, 4.69) is 0 Å². The van der Waals surface area contributed by atoms with E-state index in [0.717, 1.165) is 6.07 Å². The zero-order valence-corrected chi connectivity index (χ0v) is 9.61. The molecule has 0 aliphatic carbocycles. The van der Waals surface area contributed by atoms with Crippen LogP contribution in [0.5, 0.6) is 5.75 Å². The average Bonchev–Trinajstić information content (AvgIpc) is 2.42. The molecule has 92 valence electrons. The van der Waals surface area contributed by atoms with Gasteiger partial charge < -0.3 is 4.74 Å². The molecule has 0 aromatic heterocycles. The van der Waals surface area contributed by atoms with Gasteiger partial charge in [0.25, 0.3) is 0 Å². The van der Waals surface area contributed by atoms with Gasteiger partial charge in [0.05, 0.1) is 12.7 Å². The first-order chi connectivity index (χ1) is 8.69. The van der Waals surface area contributed by atoms with Crippen LogP contribution in [0.15, 0.2) is 36.4 Å². The fourth-order valence-electron chi connectivity index (χ4n) is 1.79. The summed E-state index contributed by atoms with van der Waals surface area (Å²) >= 11 is 0. The van der Waals surface area contributed by atoms with Crippen LogP contribution in [0.4, 0.5) is 8.78 Å². The summed E-state index contributed by atoms with van der Waals surface area (Å²) in [5.74, 6) is -2.57. The summed E-state index contributed by atoms with van der Waals surface area (Å²) in [6.07, 6.45) is 0.462. The van der Waals surface area contributed by atoms with E-state index in [1.165, 1.54) is 7.11 Å². The maximum absolute atomic E-state index is 13.5. The Labute approximate surface area is 103 Å². The second kappa shape index (κ2) is 4.96. The first-order valence-electron chi connectivity index (χ1n) is 5.25. The van der Waals surface area contributed by atoms with Crippen LogP contribution in [-0.2, 0) is 0 Å². The minimum atomic E-state index is -1.15. The molecule has 0 N–H and O–H groups in total. The molecule has 0 bridgehead atoms. The zero-order valence-electron chi connectivity index (χ0n) is 9.61. The SMILES string of the molecule is COc1c(F)c(F)cc(-c2ccccc2)c1C=O. The highest BCUT2D eigenvalue weighted by atomic mass is 19.2. The molecule has 0 aliphatic rings. The number of carbonyl (C=O) groups is 1. The van der Waals surface area contributed by atoms with Gasteiger partial charge in [0, 0.05) is 0 Å². The van der Waals surface area contributed by atoms with Crippen LogP contribution >= 0.6 is 0 Å². The lowest BCUT2D eigenvalue weighted by atomic mass is 9.99. The molecular weight excluding hydrogens is 238 g/mol. The van der Waals surface area contributed by atoms with Crippen LogP contribution in [-0.4, -0.2) is 13.4 Å². The first-order valence-corrected chi connectivity index (χ1v) is 5.25. The average molecular weight is 248 g/mol. The number of halogens is 2. The number of methoxy groups -OCH3 is 1. The van der Waals surface area contributed by atoms with Crippen LogP contribution in [0.2, 0.25) is 0 Å². The predicted molar refractivity (Wildman–Crippen MR) is 63.7 cm³/mol. The minimum absolute atomic E-state index is 0.00241. The van der Waals surface area contributed by atoms with Crippen molar-refractivity contribution in [1.29, 1.82) is 0 Å². The van der Waals surface area contributed by atoms with Crippen molar-refractivity contribution in [1.82, 2.24) is 0 Å². The number of hydrogen-bond donors (Lipinski definition) is 0. The summed E-state index contributed by atoms with van der Waals surface area (Å²) in [5, 5.41) is 0. The smallest absolute Gasteiger partial charge is 0.201 e. The summed E-state index contributed by atoms with van der Waals surface area (Å²) in [6, 6.07) is 9.70. The molecule has 18 heavy (non-hydrogen) atoms.